The van der Waals surface area contributed by atoms with Crippen LogP contribution in [0.4, 0.5) is 0 Å². The van der Waals surface area contributed by atoms with E-state index in [4.69, 9.17) is 35.1 Å². The number of hydrogen-bond donors (Lipinski definition) is 23. The number of hydrogen-bond acceptors (Lipinski definition) is 30. The molecule has 0 aromatic carbocycles. The van der Waals surface area contributed by atoms with Crippen molar-refractivity contribution in [1.82, 2.24) is 98.6 Å². The molecule has 0 saturated heterocycles. The lowest BCUT2D eigenvalue weighted by molar-refractivity contribution is -1.21. The summed E-state index contributed by atoms with van der Waals surface area (Å²) in [4.78, 5) is 13.7. The van der Waals surface area contributed by atoms with E-state index in [0.717, 1.165) is 0 Å². The Hall–Kier alpha value is -1.32. The number of nitrogens with two attached hydrogens (primary N) is 6. The van der Waals surface area contributed by atoms with Gasteiger partial charge in [-0.05, 0) is 16.1 Å². The molecule has 33 heteroatoms. The molecule has 0 aromatic rings. The first-order valence-corrected chi connectivity index (χ1v) is 7.51. The lowest BCUT2D eigenvalue weighted by Crippen LogP contribution is -3.21. The zero-order valence-electron chi connectivity index (χ0n) is 16.2. The molecule has 33 nitrogen and oxygen atoms in total. The third-order valence-corrected chi connectivity index (χ3v) is 2.26. The van der Waals surface area contributed by atoms with Crippen LogP contribution in [-0.2, 0) is 14.8 Å². The SMILES string of the molecule is NNNNN(NN)[NH+]([O-])ONN(NO[NH+]([O-])N(NN)NNNN)O[NH+]([O-])N(NN)NNNN. The normalized spacial score (nSPS) is 15.2. The van der Waals surface area contributed by atoms with E-state index >= 15 is 0 Å². The van der Waals surface area contributed by atoms with Crippen LogP contribution in [0.5, 0.6) is 0 Å². The predicted octanol–water partition coefficient (Wildman–Crippen LogP) is -17.1. The molecule has 29 N–H and O–H groups in total. The molecule has 3 atom stereocenters. The number of rotatable bonds is 23. The van der Waals surface area contributed by atoms with E-state index in [0.29, 0.717) is 15.7 Å². The Kier molecular flexibility index (Phi) is 19.3. The van der Waals surface area contributed by atoms with Gasteiger partial charge in [-0.2, -0.15) is 33.2 Å². The highest BCUT2D eigenvalue weighted by atomic mass is 17.1. The summed E-state index contributed by atoms with van der Waals surface area (Å²) in [6, 6.07) is 0. The summed E-state index contributed by atoms with van der Waals surface area (Å²) < 4.78 is 0. The fourth-order valence-electron chi connectivity index (χ4n) is 1.08. The standard InChI is InChI=1S/H29N27O6/c1-7-13-16-21(10-4)25(28)31-19-24(33-27(30)23(12-6)18-15-9-3)20-32-26(29)22(11-5)17-14-8-2/h7-20,25-27H,1-6H2. The van der Waals surface area contributed by atoms with Crippen molar-refractivity contribution >= 4 is 0 Å². The van der Waals surface area contributed by atoms with Gasteiger partial charge in [0.1, 0.15) is 0 Å². The van der Waals surface area contributed by atoms with Crippen LogP contribution in [0.25, 0.3) is 0 Å². The van der Waals surface area contributed by atoms with Crippen molar-refractivity contribution < 1.29 is 30.8 Å². The minimum Gasteiger partial charge on any atom is -0.575 e. The van der Waals surface area contributed by atoms with Crippen molar-refractivity contribution in [2.75, 3.05) is 0 Å². The molecule has 0 saturated carbocycles. The van der Waals surface area contributed by atoms with Crippen molar-refractivity contribution in [3.8, 4) is 0 Å². The summed E-state index contributed by atoms with van der Waals surface area (Å²) in [7, 11) is 0. The highest BCUT2D eigenvalue weighted by Gasteiger charge is 2.23. The lowest BCUT2D eigenvalue weighted by Gasteiger charge is -2.33. The van der Waals surface area contributed by atoms with Crippen LogP contribution in [0.2, 0.25) is 0 Å². The van der Waals surface area contributed by atoms with Crippen LogP contribution in [0.3, 0.4) is 0 Å². The summed E-state index contributed by atoms with van der Waals surface area (Å²) >= 11 is 0. The Bertz CT molecular complexity index is 395. The largest absolute Gasteiger partial charge is 0.575 e. The molecule has 0 aliphatic rings. The van der Waals surface area contributed by atoms with Crippen LogP contribution in [-0.4, -0.2) is 21.0 Å². The molecule has 0 aliphatic carbocycles. The smallest absolute Gasteiger partial charge is 0.0640 e. The number of hydrazine groups is 20. The molecule has 0 radical (unpaired) electrons. The monoisotopic (exact) mass is 503 g/mol. The zero-order chi connectivity index (χ0) is 25.1. The van der Waals surface area contributed by atoms with Gasteiger partial charge in [0, 0.05) is 10.5 Å². The summed E-state index contributed by atoms with van der Waals surface area (Å²) in [6.45, 7) is 0. The average Bonchev–Trinajstić information content (AvgIpc) is 2.82. The van der Waals surface area contributed by atoms with E-state index < -0.39 is 16.0 Å². The van der Waals surface area contributed by atoms with Crippen LogP contribution >= 0.6 is 0 Å². The Labute approximate surface area is 181 Å². The van der Waals surface area contributed by atoms with Crippen LogP contribution in [0.15, 0.2) is 0 Å². The molecule has 3 unspecified atom stereocenters. The topological polar surface area (TPSA) is 448 Å². The second-order valence-corrected chi connectivity index (χ2v) is 4.11. The minimum atomic E-state index is -1.39. The van der Waals surface area contributed by atoms with Gasteiger partial charge in [-0.1, -0.05) is 25.9 Å². The van der Waals surface area contributed by atoms with Crippen LogP contribution < -0.4 is 129 Å². The molecule has 0 fully saturated rings. The van der Waals surface area contributed by atoms with Gasteiger partial charge in [0.15, 0.2) is 0 Å². The first-order valence-electron chi connectivity index (χ1n) is 7.51. The molecular formula is H29N27O6. The molecule has 33 heavy (non-hydrogen) atoms. The first-order chi connectivity index (χ1) is 15.9. The number of nitrogens with zero attached hydrogens (tertiary/aromatic N) is 4. The molecular weight excluding hydrogens is 474 g/mol. The maximum absolute atomic E-state index is 12.1. The van der Waals surface area contributed by atoms with Gasteiger partial charge in [0.2, 0.25) is 0 Å². The molecule has 0 amide bonds. The van der Waals surface area contributed by atoms with Gasteiger partial charge in [0.25, 0.3) is 0 Å². The molecule has 0 aromatic heterocycles. The summed E-state index contributed by atoms with van der Waals surface area (Å²) in [5.41, 5.74) is 26.9. The van der Waals surface area contributed by atoms with E-state index in [9.17, 15) is 15.6 Å². The van der Waals surface area contributed by atoms with E-state index in [2.05, 4.69) is 42.5 Å². The average molecular weight is 503 g/mol. The van der Waals surface area contributed by atoms with Gasteiger partial charge >= 0.3 is 0 Å². The van der Waals surface area contributed by atoms with Crippen LogP contribution in [0.1, 0.15) is 0 Å². The molecule has 0 spiro atoms. The van der Waals surface area contributed by atoms with Gasteiger partial charge in [-0.15, -0.1) is 33.2 Å². The van der Waals surface area contributed by atoms with E-state index in [1.165, 1.54) is 0 Å². The van der Waals surface area contributed by atoms with Crippen molar-refractivity contribution in [2.45, 2.75) is 0 Å². The van der Waals surface area contributed by atoms with Crippen molar-refractivity contribution in [1.29, 1.82) is 0 Å². The predicted molar refractivity (Wildman–Crippen MR) is 92.6 cm³/mol. The molecule has 0 bridgehead atoms. The maximum atomic E-state index is 12.1. The quantitative estimate of drug-likeness (QED) is 0.0454. The molecule has 0 heterocycles. The summed E-state index contributed by atoms with van der Waals surface area (Å²) in [6.07, 6.45) is 0. The van der Waals surface area contributed by atoms with Crippen molar-refractivity contribution in [2.24, 2.45) is 35.1 Å². The van der Waals surface area contributed by atoms with Crippen LogP contribution in [0, 0.1) is 15.6 Å². The zero-order valence-corrected chi connectivity index (χ0v) is 16.2. The van der Waals surface area contributed by atoms with Gasteiger partial charge < -0.3 is 15.6 Å². The highest BCUT2D eigenvalue weighted by molar-refractivity contribution is 4.10. The highest BCUT2D eigenvalue weighted by Crippen LogP contribution is 1.71. The van der Waals surface area contributed by atoms with E-state index in [1.807, 2.05) is 38.7 Å². The number of nitrogens with one attached hydrogen (secondary N) is 17. The Morgan fingerprint density at radius 1 is 0.545 bits per heavy atom. The minimum absolute atomic E-state index is 0.0344. The third kappa shape index (κ3) is 13.9. The summed E-state index contributed by atoms with van der Waals surface area (Å²) in [5.74, 6) is 30.0. The fourth-order valence-corrected chi connectivity index (χ4v) is 1.08. The van der Waals surface area contributed by atoms with E-state index in [1.54, 1.807) is 11.2 Å². The molecule has 0 rings (SSSR count). The molecule has 200 valence electrons. The van der Waals surface area contributed by atoms with Gasteiger partial charge in [-0.3, -0.25) is 35.1 Å². The Morgan fingerprint density at radius 3 is 1.18 bits per heavy atom. The second kappa shape index (κ2) is 20.1. The Morgan fingerprint density at radius 2 is 0.879 bits per heavy atom. The summed E-state index contributed by atoms with van der Waals surface area (Å²) in [5, 5.41) is 32.9. The van der Waals surface area contributed by atoms with E-state index in [-0.39, 0.29) is 5.28 Å². The van der Waals surface area contributed by atoms with Crippen molar-refractivity contribution in [3.05, 3.63) is 15.6 Å². The van der Waals surface area contributed by atoms with Gasteiger partial charge in [-0.25, -0.2) is 0 Å². The third-order valence-electron chi connectivity index (χ3n) is 2.26. The van der Waals surface area contributed by atoms with Crippen molar-refractivity contribution in [3.63, 3.8) is 0 Å². The second-order valence-electron chi connectivity index (χ2n) is 4.11. The lowest BCUT2D eigenvalue weighted by atomic mass is 11.9. The number of quaternary nitrogens is 3. The fraction of sp³-hybridized carbons (Fsp3) is 0. The van der Waals surface area contributed by atoms with Gasteiger partial charge in [0.05, 0.1) is 10.5 Å². The Balaban J connectivity index is 5.05. The molecule has 0 aliphatic heterocycles. The maximum Gasteiger partial charge on any atom is 0.0640 e. The first kappa shape index (κ1) is 31.7.